The smallest absolute Gasteiger partial charge is 0.168 e. The first-order chi connectivity index (χ1) is 6.57. The zero-order valence-electron chi connectivity index (χ0n) is 8.62. The number of hydrogen-bond donors (Lipinski definition) is 0. The average molecular weight is 206 g/mol. The maximum absolute atomic E-state index is 12.8. The summed E-state index contributed by atoms with van der Waals surface area (Å²) in [7, 11) is 1.20. The predicted octanol–water partition coefficient (Wildman–Crippen LogP) is 3.45. The van der Waals surface area contributed by atoms with Crippen LogP contribution in [0.4, 0.5) is 13.2 Å². The summed E-state index contributed by atoms with van der Waals surface area (Å²) >= 11 is 0. The number of rotatable bonds is 1. The van der Waals surface area contributed by atoms with Crippen molar-refractivity contribution in [1.29, 1.82) is 0 Å². The fourth-order valence-corrected chi connectivity index (χ4v) is 0.949. The second-order valence-electron chi connectivity index (χ2n) is 2.31. The molecule has 0 aromatic heterocycles. The Morgan fingerprint density at radius 1 is 1.07 bits per heavy atom. The molecule has 0 aliphatic rings. The van der Waals surface area contributed by atoms with E-state index in [0.29, 0.717) is 6.07 Å². The van der Waals surface area contributed by atoms with Gasteiger partial charge in [0.2, 0.25) is 0 Å². The number of ether oxygens (including phenoxy) is 1. The third-order valence-electron chi connectivity index (χ3n) is 1.55. The standard InChI is InChI=1S/C8H7F3O.C2H6/c1-4-7(11)5(9)3-6(10)8(4)12-2;1-2/h3H,1-2H3;1-2H3. The Bertz CT molecular complexity index is 311. The minimum absolute atomic E-state index is 0.157. The van der Waals surface area contributed by atoms with Crippen molar-refractivity contribution in [3.8, 4) is 5.75 Å². The van der Waals surface area contributed by atoms with E-state index in [2.05, 4.69) is 4.74 Å². The maximum Gasteiger partial charge on any atom is 0.168 e. The zero-order chi connectivity index (χ0) is 11.3. The van der Waals surface area contributed by atoms with Crippen molar-refractivity contribution >= 4 is 0 Å². The lowest BCUT2D eigenvalue weighted by Crippen LogP contribution is -1.97. The predicted molar refractivity (Wildman–Crippen MR) is 49.0 cm³/mol. The van der Waals surface area contributed by atoms with E-state index in [4.69, 9.17) is 0 Å². The molecule has 0 aliphatic heterocycles. The second-order valence-corrected chi connectivity index (χ2v) is 2.31. The molecule has 1 nitrogen and oxygen atoms in total. The highest BCUT2D eigenvalue weighted by Gasteiger charge is 2.15. The highest BCUT2D eigenvalue weighted by Crippen LogP contribution is 2.25. The van der Waals surface area contributed by atoms with Crippen LogP contribution in [0.2, 0.25) is 0 Å². The first-order valence-electron chi connectivity index (χ1n) is 4.26. The largest absolute Gasteiger partial charge is 0.493 e. The molecule has 0 saturated carbocycles. The summed E-state index contributed by atoms with van der Waals surface area (Å²) in [4.78, 5) is 0. The summed E-state index contributed by atoms with van der Waals surface area (Å²) in [6.45, 7) is 5.25. The number of hydrogen-bond acceptors (Lipinski definition) is 1. The van der Waals surface area contributed by atoms with Crippen molar-refractivity contribution in [2.45, 2.75) is 20.8 Å². The molecule has 0 amide bonds. The van der Waals surface area contributed by atoms with Crippen LogP contribution in [0.5, 0.6) is 5.75 Å². The van der Waals surface area contributed by atoms with Crippen LogP contribution in [0.1, 0.15) is 19.4 Å². The van der Waals surface area contributed by atoms with E-state index >= 15 is 0 Å². The van der Waals surface area contributed by atoms with Crippen LogP contribution in [-0.2, 0) is 0 Å². The molecular formula is C10H13F3O. The molecular weight excluding hydrogens is 193 g/mol. The van der Waals surface area contributed by atoms with Gasteiger partial charge in [-0.2, -0.15) is 0 Å². The van der Waals surface area contributed by atoms with Crippen LogP contribution >= 0.6 is 0 Å². The Hall–Kier alpha value is -1.19. The first-order valence-corrected chi connectivity index (χ1v) is 4.26. The van der Waals surface area contributed by atoms with Crippen LogP contribution < -0.4 is 4.74 Å². The van der Waals surface area contributed by atoms with Crippen LogP contribution in [-0.4, -0.2) is 7.11 Å². The minimum atomic E-state index is -1.20. The molecule has 0 spiro atoms. The quantitative estimate of drug-likeness (QED) is 0.639. The third-order valence-corrected chi connectivity index (χ3v) is 1.55. The van der Waals surface area contributed by atoms with Gasteiger partial charge in [-0.1, -0.05) is 13.8 Å². The molecule has 0 bridgehead atoms. The topological polar surface area (TPSA) is 9.23 Å². The fourth-order valence-electron chi connectivity index (χ4n) is 0.949. The molecule has 0 heterocycles. The van der Waals surface area contributed by atoms with E-state index in [1.54, 1.807) is 0 Å². The van der Waals surface area contributed by atoms with Gasteiger partial charge < -0.3 is 4.74 Å². The molecule has 0 fully saturated rings. The first kappa shape index (κ1) is 12.8. The SMILES string of the molecule is CC.COc1c(F)cc(F)c(F)c1C. The highest BCUT2D eigenvalue weighted by molar-refractivity contribution is 5.35. The van der Waals surface area contributed by atoms with Gasteiger partial charge in [-0.15, -0.1) is 0 Å². The summed E-state index contributed by atoms with van der Waals surface area (Å²) in [6.07, 6.45) is 0. The monoisotopic (exact) mass is 206 g/mol. The van der Waals surface area contributed by atoms with Gasteiger partial charge in [-0.05, 0) is 6.92 Å². The molecule has 14 heavy (non-hydrogen) atoms. The van der Waals surface area contributed by atoms with Gasteiger partial charge in [-0.25, -0.2) is 13.2 Å². The molecule has 80 valence electrons. The maximum atomic E-state index is 12.8. The van der Waals surface area contributed by atoms with Crippen LogP contribution in [0, 0.1) is 24.4 Å². The van der Waals surface area contributed by atoms with Gasteiger partial charge in [0, 0.05) is 11.6 Å². The molecule has 1 aromatic carbocycles. The summed E-state index contributed by atoms with van der Waals surface area (Å²) in [6, 6.07) is 0.459. The van der Waals surface area contributed by atoms with Crippen molar-refractivity contribution < 1.29 is 17.9 Å². The summed E-state index contributed by atoms with van der Waals surface area (Å²) in [5.41, 5.74) is -0.157. The van der Waals surface area contributed by atoms with Crippen LogP contribution in [0.3, 0.4) is 0 Å². The van der Waals surface area contributed by atoms with Gasteiger partial charge in [0.1, 0.15) is 0 Å². The van der Waals surface area contributed by atoms with Gasteiger partial charge in [-0.3, -0.25) is 0 Å². The molecule has 1 aromatic rings. The molecule has 0 N–H and O–H groups in total. The van der Waals surface area contributed by atoms with Crippen molar-refractivity contribution in [2.75, 3.05) is 7.11 Å². The highest BCUT2D eigenvalue weighted by atomic mass is 19.2. The lowest BCUT2D eigenvalue weighted by molar-refractivity contribution is 0.371. The van der Waals surface area contributed by atoms with E-state index in [0.717, 1.165) is 0 Å². The molecule has 4 heteroatoms. The van der Waals surface area contributed by atoms with E-state index < -0.39 is 17.5 Å². The van der Waals surface area contributed by atoms with Crippen LogP contribution in [0.25, 0.3) is 0 Å². The van der Waals surface area contributed by atoms with Gasteiger partial charge in [0.15, 0.2) is 23.2 Å². The van der Waals surface area contributed by atoms with Gasteiger partial charge >= 0.3 is 0 Å². The van der Waals surface area contributed by atoms with E-state index in [1.165, 1.54) is 14.0 Å². The molecule has 0 radical (unpaired) electrons. The fraction of sp³-hybridized carbons (Fsp3) is 0.400. The average Bonchev–Trinajstić information content (AvgIpc) is 2.18. The van der Waals surface area contributed by atoms with Gasteiger partial charge in [0.25, 0.3) is 0 Å². The number of halogens is 3. The summed E-state index contributed by atoms with van der Waals surface area (Å²) in [5, 5.41) is 0. The molecule has 1 rings (SSSR count). The number of benzene rings is 1. The van der Waals surface area contributed by atoms with Crippen molar-refractivity contribution in [3.05, 3.63) is 29.1 Å². The lowest BCUT2D eigenvalue weighted by Gasteiger charge is -2.06. The van der Waals surface area contributed by atoms with E-state index in [-0.39, 0.29) is 11.3 Å². The van der Waals surface area contributed by atoms with Crippen LogP contribution in [0.15, 0.2) is 6.07 Å². The van der Waals surface area contributed by atoms with E-state index in [9.17, 15) is 13.2 Å². The van der Waals surface area contributed by atoms with Gasteiger partial charge in [0.05, 0.1) is 7.11 Å². The van der Waals surface area contributed by atoms with Crippen molar-refractivity contribution in [2.24, 2.45) is 0 Å². The Labute approximate surface area is 81.5 Å². The normalized spacial score (nSPS) is 9.07. The Morgan fingerprint density at radius 2 is 1.57 bits per heavy atom. The van der Waals surface area contributed by atoms with E-state index in [1.807, 2.05) is 13.8 Å². The summed E-state index contributed by atoms with van der Waals surface area (Å²) < 4.78 is 42.5. The molecule has 0 atom stereocenters. The zero-order valence-corrected chi connectivity index (χ0v) is 8.62. The molecule has 0 unspecified atom stereocenters. The minimum Gasteiger partial charge on any atom is -0.493 e. The Kier molecular flexibility index (Phi) is 5.05. The Balaban J connectivity index is 0.000000791. The van der Waals surface area contributed by atoms with Crippen molar-refractivity contribution in [3.63, 3.8) is 0 Å². The lowest BCUT2D eigenvalue weighted by atomic mass is 10.2. The van der Waals surface area contributed by atoms with Crippen molar-refractivity contribution in [1.82, 2.24) is 0 Å². The number of methoxy groups -OCH3 is 1. The Morgan fingerprint density at radius 3 is 2.00 bits per heavy atom. The molecule has 0 aliphatic carbocycles. The molecule has 0 saturated heterocycles. The summed E-state index contributed by atoms with van der Waals surface area (Å²) in [5.74, 6) is -3.43. The second kappa shape index (κ2) is 5.52. The third kappa shape index (κ3) is 2.40.